The number of rotatable bonds is 0. The first-order valence-electron chi connectivity index (χ1n) is 4.42. The number of para-hydroxylation sites is 2. The highest BCUT2D eigenvalue weighted by atomic mass is 16.7. The van der Waals surface area contributed by atoms with Crippen molar-refractivity contribution in [2.24, 2.45) is 0 Å². The predicted molar refractivity (Wildman–Crippen MR) is 49.8 cm³/mol. The van der Waals surface area contributed by atoms with Crippen LogP contribution in [0.25, 0.3) is 0 Å². The average molecular weight is 188 g/mol. The number of hydrogen-bond acceptors (Lipinski definition) is 3. The normalized spacial score (nSPS) is 17.4. The number of allylic oxidation sites excluding steroid dienone is 1. The van der Waals surface area contributed by atoms with Crippen LogP contribution in [0.3, 0.4) is 0 Å². The summed E-state index contributed by atoms with van der Waals surface area (Å²) in [6.45, 7) is 0.532. The maximum Gasteiger partial charge on any atom is 0.330 e. The van der Waals surface area contributed by atoms with Gasteiger partial charge in [0.2, 0.25) is 5.76 Å². The van der Waals surface area contributed by atoms with Crippen LogP contribution in [0, 0.1) is 0 Å². The fourth-order valence-corrected chi connectivity index (χ4v) is 1.41. The topological polar surface area (TPSA) is 27.7 Å². The van der Waals surface area contributed by atoms with E-state index in [1.54, 1.807) is 0 Å². The monoisotopic (exact) mass is 188 g/mol. The smallest absolute Gasteiger partial charge is 0.330 e. The van der Waals surface area contributed by atoms with E-state index >= 15 is 0 Å². The van der Waals surface area contributed by atoms with E-state index in [-0.39, 0.29) is 0 Å². The van der Waals surface area contributed by atoms with Crippen molar-refractivity contribution in [3.8, 4) is 11.5 Å². The molecule has 0 spiro atoms. The zero-order valence-corrected chi connectivity index (χ0v) is 7.40. The maximum absolute atomic E-state index is 5.58. The van der Waals surface area contributed by atoms with Crippen LogP contribution < -0.4 is 9.47 Å². The molecule has 2 aliphatic heterocycles. The zero-order chi connectivity index (χ0) is 9.38. The standard InChI is InChI=1S/C11H8O3/c1-2-5-9-8(4-1)13-10-6-3-7-12-11(10)14-9/h1-6H,7H2. The van der Waals surface area contributed by atoms with E-state index in [9.17, 15) is 0 Å². The fraction of sp³-hybridized carbons (Fsp3) is 0.0909. The molecular weight excluding hydrogens is 180 g/mol. The Morgan fingerprint density at radius 1 is 1.00 bits per heavy atom. The fourth-order valence-electron chi connectivity index (χ4n) is 1.41. The lowest BCUT2D eigenvalue weighted by Crippen LogP contribution is -2.16. The van der Waals surface area contributed by atoms with E-state index in [0.29, 0.717) is 24.1 Å². The second kappa shape index (κ2) is 2.80. The highest BCUT2D eigenvalue weighted by Crippen LogP contribution is 2.36. The van der Waals surface area contributed by atoms with E-state index in [2.05, 4.69) is 0 Å². The van der Waals surface area contributed by atoms with Gasteiger partial charge in [-0.3, -0.25) is 0 Å². The number of ether oxygens (including phenoxy) is 3. The molecule has 2 aliphatic rings. The summed E-state index contributed by atoms with van der Waals surface area (Å²) < 4.78 is 16.4. The lowest BCUT2D eigenvalue weighted by atomic mass is 10.3. The Hall–Kier alpha value is -1.90. The minimum Gasteiger partial charge on any atom is -0.458 e. The van der Waals surface area contributed by atoms with E-state index in [1.807, 2.05) is 36.4 Å². The van der Waals surface area contributed by atoms with Crippen molar-refractivity contribution in [1.29, 1.82) is 0 Å². The third-order valence-electron chi connectivity index (χ3n) is 2.05. The second-order valence-corrected chi connectivity index (χ2v) is 3.02. The highest BCUT2D eigenvalue weighted by Gasteiger charge is 2.22. The summed E-state index contributed by atoms with van der Waals surface area (Å²) in [5, 5.41) is 0. The van der Waals surface area contributed by atoms with E-state index in [4.69, 9.17) is 14.2 Å². The quantitative estimate of drug-likeness (QED) is 0.624. The van der Waals surface area contributed by atoms with Crippen molar-refractivity contribution < 1.29 is 14.2 Å². The Bertz CT molecular complexity index is 432. The molecule has 70 valence electrons. The van der Waals surface area contributed by atoms with Gasteiger partial charge in [0.05, 0.1) is 0 Å². The summed E-state index contributed by atoms with van der Waals surface area (Å²) in [6, 6.07) is 7.51. The molecule has 0 saturated carbocycles. The van der Waals surface area contributed by atoms with Gasteiger partial charge in [-0.05, 0) is 24.3 Å². The van der Waals surface area contributed by atoms with Crippen molar-refractivity contribution in [1.82, 2.24) is 0 Å². The number of fused-ring (bicyclic) bond motifs is 1. The van der Waals surface area contributed by atoms with Gasteiger partial charge in [-0.1, -0.05) is 12.1 Å². The van der Waals surface area contributed by atoms with Gasteiger partial charge in [0, 0.05) is 0 Å². The van der Waals surface area contributed by atoms with Crippen molar-refractivity contribution in [2.75, 3.05) is 6.61 Å². The molecule has 3 nitrogen and oxygen atoms in total. The molecule has 0 radical (unpaired) electrons. The first kappa shape index (κ1) is 7.50. The molecule has 0 amide bonds. The van der Waals surface area contributed by atoms with Crippen molar-refractivity contribution in [2.45, 2.75) is 0 Å². The molecule has 0 aliphatic carbocycles. The van der Waals surface area contributed by atoms with Crippen LogP contribution in [-0.2, 0) is 4.74 Å². The van der Waals surface area contributed by atoms with Gasteiger partial charge in [-0.25, -0.2) is 0 Å². The molecule has 1 aromatic rings. The van der Waals surface area contributed by atoms with E-state index < -0.39 is 0 Å². The molecule has 1 aromatic carbocycles. The van der Waals surface area contributed by atoms with Gasteiger partial charge in [0.25, 0.3) is 0 Å². The summed E-state index contributed by atoms with van der Waals surface area (Å²) in [5.41, 5.74) is 0. The number of benzene rings is 1. The largest absolute Gasteiger partial charge is 0.458 e. The van der Waals surface area contributed by atoms with Crippen LogP contribution in [0.1, 0.15) is 0 Å². The van der Waals surface area contributed by atoms with Crippen LogP contribution >= 0.6 is 0 Å². The molecular formula is C11H8O3. The Morgan fingerprint density at radius 3 is 2.64 bits per heavy atom. The minimum atomic E-state index is 0.450. The summed E-state index contributed by atoms with van der Waals surface area (Å²) >= 11 is 0. The first-order valence-corrected chi connectivity index (χ1v) is 4.42. The zero-order valence-electron chi connectivity index (χ0n) is 7.40. The van der Waals surface area contributed by atoms with Crippen LogP contribution in [0.5, 0.6) is 11.5 Å². The molecule has 0 bridgehead atoms. The van der Waals surface area contributed by atoms with Crippen molar-refractivity contribution in [3.05, 3.63) is 48.1 Å². The molecule has 2 heterocycles. The molecule has 0 N–H and O–H groups in total. The van der Waals surface area contributed by atoms with E-state index in [1.165, 1.54) is 0 Å². The SMILES string of the molecule is C1=CC2=C(OC1)Oc1ccccc1O2. The number of hydrogen-bond donors (Lipinski definition) is 0. The molecule has 3 heteroatoms. The van der Waals surface area contributed by atoms with Crippen LogP contribution in [-0.4, -0.2) is 6.61 Å². The summed E-state index contributed by atoms with van der Waals surface area (Å²) in [7, 11) is 0. The Morgan fingerprint density at radius 2 is 1.79 bits per heavy atom. The van der Waals surface area contributed by atoms with E-state index in [0.717, 1.165) is 5.75 Å². The third-order valence-corrected chi connectivity index (χ3v) is 2.05. The third kappa shape index (κ3) is 1.06. The second-order valence-electron chi connectivity index (χ2n) is 3.02. The highest BCUT2D eigenvalue weighted by molar-refractivity contribution is 5.45. The molecule has 0 unspecified atom stereocenters. The van der Waals surface area contributed by atoms with Crippen LogP contribution in [0.2, 0.25) is 0 Å². The van der Waals surface area contributed by atoms with Gasteiger partial charge in [-0.15, -0.1) is 0 Å². The maximum atomic E-state index is 5.58. The van der Waals surface area contributed by atoms with Gasteiger partial charge in [0.15, 0.2) is 11.5 Å². The molecule has 0 aromatic heterocycles. The van der Waals surface area contributed by atoms with Crippen molar-refractivity contribution in [3.63, 3.8) is 0 Å². The van der Waals surface area contributed by atoms with Gasteiger partial charge < -0.3 is 14.2 Å². The van der Waals surface area contributed by atoms with Gasteiger partial charge >= 0.3 is 5.95 Å². The molecule has 0 atom stereocenters. The van der Waals surface area contributed by atoms with Crippen LogP contribution in [0.15, 0.2) is 48.1 Å². The minimum absolute atomic E-state index is 0.450. The summed E-state index contributed by atoms with van der Waals surface area (Å²) in [5.74, 6) is 2.50. The van der Waals surface area contributed by atoms with Gasteiger partial charge in [0.1, 0.15) is 6.61 Å². The lowest BCUT2D eigenvalue weighted by Gasteiger charge is -2.23. The summed E-state index contributed by atoms with van der Waals surface area (Å²) in [6.07, 6.45) is 3.74. The Labute approximate surface area is 81.2 Å². The Balaban J connectivity index is 2.03. The Kier molecular flexibility index (Phi) is 1.50. The first-order chi connectivity index (χ1) is 6.93. The molecule has 0 fully saturated rings. The molecule has 3 rings (SSSR count). The van der Waals surface area contributed by atoms with Gasteiger partial charge in [-0.2, -0.15) is 0 Å². The average Bonchev–Trinajstić information content (AvgIpc) is 2.26. The summed E-state index contributed by atoms with van der Waals surface area (Å²) in [4.78, 5) is 0. The molecule has 0 saturated heterocycles. The molecule has 14 heavy (non-hydrogen) atoms. The lowest BCUT2D eigenvalue weighted by molar-refractivity contribution is 0.0905. The van der Waals surface area contributed by atoms with Crippen molar-refractivity contribution >= 4 is 0 Å². The van der Waals surface area contributed by atoms with Crippen LogP contribution in [0.4, 0.5) is 0 Å². The predicted octanol–water partition coefficient (Wildman–Crippen LogP) is 2.21.